The molecule has 2 rings (SSSR count). The normalized spacial score (nSPS) is 21.3. The van der Waals surface area contributed by atoms with Gasteiger partial charge in [-0.2, -0.15) is 9.57 Å². The average molecular weight is 251 g/mol. The Labute approximate surface area is 101 Å². The quantitative estimate of drug-likeness (QED) is 0.817. The van der Waals surface area contributed by atoms with Crippen LogP contribution in [0.15, 0.2) is 29.2 Å². The van der Waals surface area contributed by atoms with Gasteiger partial charge in [0.05, 0.1) is 16.5 Å². The van der Waals surface area contributed by atoms with E-state index in [0.29, 0.717) is 25.1 Å². The van der Waals surface area contributed by atoms with Gasteiger partial charge in [-0.15, -0.1) is 0 Å². The molecular formula is C11H13N3O2S. The first kappa shape index (κ1) is 12.0. The monoisotopic (exact) mass is 251 g/mol. The molecule has 1 aliphatic rings. The molecule has 0 aromatic heterocycles. The van der Waals surface area contributed by atoms with E-state index in [1.807, 2.05) is 6.07 Å². The molecule has 1 fully saturated rings. The van der Waals surface area contributed by atoms with E-state index in [9.17, 15) is 8.42 Å². The van der Waals surface area contributed by atoms with Crippen molar-refractivity contribution in [2.24, 2.45) is 5.73 Å². The molecule has 1 aliphatic heterocycles. The third kappa shape index (κ3) is 2.31. The highest BCUT2D eigenvalue weighted by Crippen LogP contribution is 2.20. The van der Waals surface area contributed by atoms with Crippen LogP contribution in [0.4, 0.5) is 0 Å². The molecule has 1 aromatic rings. The van der Waals surface area contributed by atoms with Gasteiger partial charge in [-0.1, -0.05) is 0 Å². The Bertz CT molecular complexity index is 545. The molecule has 1 heterocycles. The number of sulfonamides is 1. The SMILES string of the molecule is N#Cc1ccc(S(=O)(=O)N2CC[C@H](N)C2)cc1. The zero-order valence-corrected chi connectivity index (χ0v) is 10.0. The lowest BCUT2D eigenvalue weighted by Crippen LogP contribution is -2.31. The summed E-state index contributed by atoms with van der Waals surface area (Å²) in [6.45, 7) is 0.825. The third-order valence-corrected chi connectivity index (χ3v) is 4.69. The summed E-state index contributed by atoms with van der Waals surface area (Å²) in [5.41, 5.74) is 6.14. The fraction of sp³-hybridized carbons (Fsp3) is 0.364. The molecule has 6 heteroatoms. The first-order chi connectivity index (χ1) is 8.04. The largest absolute Gasteiger partial charge is 0.326 e. The molecule has 90 valence electrons. The minimum atomic E-state index is -3.45. The minimum Gasteiger partial charge on any atom is -0.326 e. The lowest BCUT2D eigenvalue weighted by Gasteiger charge is -2.15. The van der Waals surface area contributed by atoms with E-state index >= 15 is 0 Å². The fourth-order valence-electron chi connectivity index (χ4n) is 1.82. The summed E-state index contributed by atoms with van der Waals surface area (Å²) in [5.74, 6) is 0. The first-order valence-corrected chi connectivity index (χ1v) is 6.74. The second kappa shape index (κ2) is 4.45. The van der Waals surface area contributed by atoms with E-state index in [2.05, 4.69) is 0 Å². The lowest BCUT2D eigenvalue weighted by molar-refractivity contribution is 0.472. The van der Waals surface area contributed by atoms with Gasteiger partial charge in [-0.05, 0) is 30.7 Å². The Kier molecular flexibility index (Phi) is 3.15. The van der Waals surface area contributed by atoms with E-state index in [-0.39, 0.29) is 10.9 Å². The third-order valence-electron chi connectivity index (χ3n) is 2.81. The number of hydrogen-bond acceptors (Lipinski definition) is 4. The van der Waals surface area contributed by atoms with Crippen LogP contribution in [0.25, 0.3) is 0 Å². The summed E-state index contributed by atoms with van der Waals surface area (Å²) in [6, 6.07) is 7.79. The molecule has 0 unspecified atom stereocenters. The van der Waals surface area contributed by atoms with Crippen LogP contribution in [0.2, 0.25) is 0 Å². The van der Waals surface area contributed by atoms with Crippen molar-refractivity contribution < 1.29 is 8.42 Å². The Morgan fingerprint density at radius 3 is 2.47 bits per heavy atom. The van der Waals surface area contributed by atoms with Gasteiger partial charge in [0.25, 0.3) is 0 Å². The smallest absolute Gasteiger partial charge is 0.243 e. The molecule has 5 nitrogen and oxygen atoms in total. The van der Waals surface area contributed by atoms with Crippen LogP contribution >= 0.6 is 0 Å². The number of benzene rings is 1. The molecule has 0 amide bonds. The van der Waals surface area contributed by atoms with Crippen molar-refractivity contribution in [1.82, 2.24) is 4.31 Å². The molecule has 0 saturated carbocycles. The number of rotatable bonds is 2. The summed E-state index contributed by atoms with van der Waals surface area (Å²) >= 11 is 0. The summed E-state index contributed by atoms with van der Waals surface area (Å²) < 4.78 is 25.7. The van der Waals surface area contributed by atoms with Crippen LogP contribution in [0.1, 0.15) is 12.0 Å². The van der Waals surface area contributed by atoms with Crippen LogP contribution in [0, 0.1) is 11.3 Å². The molecule has 0 aliphatic carbocycles. The standard InChI is InChI=1S/C11H13N3O2S/c12-7-9-1-3-11(4-2-9)17(15,16)14-6-5-10(13)8-14/h1-4,10H,5-6,8,13H2/t10-/m0/s1. The van der Waals surface area contributed by atoms with Crippen LogP contribution in [-0.2, 0) is 10.0 Å². The van der Waals surface area contributed by atoms with Crippen molar-refractivity contribution in [2.45, 2.75) is 17.4 Å². The lowest BCUT2D eigenvalue weighted by atomic mass is 10.2. The van der Waals surface area contributed by atoms with E-state index in [1.165, 1.54) is 28.6 Å². The Morgan fingerprint density at radius 1 is 1.35 bits per heavy atom. The molecule has 17 heavy (non-hydrogen) atoms. The zero-order chi connectivity index (χ0) is 12.5. The van der Waals surface area contributed by atoms with Crippen molar-refractivity contribution in [3.63, 3.8) is 0 Å². The van der Waals surface area contributed by atoms with Crippen molar-refractivity contribution in [1.29, 1.82) is 5.26 Å². The van der Waals surface area contributed by atoms with Crippen molar-refractivity contribution >= 4 is 10.0 Å². The van der Waals surface area contributed by atoms with Gasteiger partial charge in [0.15, 0.2) is 0 Å². The summed E-state index contributed by atoms with van der Waals surface area (Å²) in [5, 5.41) is 8.65. The van der Waals surface area contributed by atoms with Crippen LogP contribution < -0.4 is 5.73 Å². The fourth-order valence-corrected chi connectivity index (χ4v) is 3.33. The second-order valence-corrected chi connectivity index (χ2v) is 5.99. The van der Waals surface area contributed by atoms with E-state index in [4.69, 9.17) is 11.0 Å². The predicted octanol–water partition coefficient (Wildman–Crippen LogP) is 0.280. The van der Waals surface area contributed by atoms with Gasteiger partial charge in [0, 0.05) is 19.1 Å². The second-order valence-electron chi connectivity index (χ2n) is 4.05. The number of hydrogen-bond donors (Lipinski definition) is 1. The summed E-state index contributed by atoms with van der Waals surface area (Å²) in [6.07, 6.45) is 0.690. The maximum Gasteiger partial charge on any atom is 0.243 e. The number of nitriles is 1. The number of nitrogens with zero attached hydrogens (tertiary/aromatic N) is 2. The molecule has 2 N–H and O–H groups in total. The summed E-state index contributed by atoms with van der Waals surface area (Å²) in [7, 11) is -3.45. The van der Waals surface area contributed by atoms with E-state index < -0.39 is 10.0 Å². The highest BCUT2D eigenvalue weighted by atomic mass is 32.2. The molecule has 0 spiro atoms. The minimum absolute atomic E-state index is 0.0804. The van der Waals surface area contributed by atoms with Crippen LogP contribution in [-0.4, -0.2) is 31.9 Å². The highest BCUT2D eigenvalue weighted by Gasteiger charge is 2.30. The molecule has 1 saturated heterocycles. The van der Waals surface area contributed by atoms with Crippen LogP contribution in [0.3, 0.4) is 0 Å². The van der Waals surface area contributed by atoms with Gasteiger partial charge < -0.3 is 5.73 Å². The first-order valence-electron chi connectivity index (χ1n) is 5.30. The highest BCUT2D eigenvalue weighted by molar-refractivity contribution is 7.89. The Hall–Kier alpha value is -1.42. The Morgan fingerprint density at radius 2 is 2.00 bits per heavy atom. The van der Waals surface area contributed by atoms with Crippen LogP contribution in [0.5, 0.6) is 0 Å². The van der Waals surface area contributed by atoms with Gasteiger partial charge in [-0.3, -0.25) is 0 Å². The van der Waals surface area contributed by atoms with Gasteiger partial charge in [0.2, 0.25) is 10.0 Å². The summed E-state index contributed by atoms with van der Waals surface area (Å²) in [4.78, 5) is 0.214. The van der Waals surface area contributed by atoms with Crippen molar-refractivity contribution in [3.05, 3.63) is 29.8 Å². The molecule has 1 aromatic carbocycles. The molecule has 0 radical (unpaired) electrons. The maximum atomic E-state index is 12.2. The number of nitrogens with two attached hydrogens (primary N) is 1. The van der Waals surface area contributed by atoms with Crippen molar-refractivity contribution in [3.8, 4) is 6.07 Å². The van der Waals surface area contributed by atoms with Gasteiger partial charge in [0.1, 0.15) is 0 Å². The van der Waals surface area contributed by atoms with Gasteiger partial charge >= 0.3 is 0 Å². The molecule has 0 bridgehead atoms. The topological polar surface area (TPSA) is 87.2 Å². The Balaban J connectivity index is 2.29. The molecular weight excluding hydrogens is 238 g/mol. The van der Waals surface area contributed by atoms with E-state index in [0.717, 1.165) is 0 Å². The van der Waals surface area contributed by atoms with E-state index in [1.54, 1.807) is 0 Å². The zero-order valence-electron chi connectivity index (χ0n) is 9.20. The van der Waals surface area contributed by atoms with Crippen molar-refractivity contribution in [2.75, 3.05) is 13.1 Å². The maximum absolute atomic E-state index is 12.2. The predicted molar refractivity (Wildman–Crippen MR) is 62.5 cm³/mol. The average Bonchev–Trinajstić information content (AvgIpc) is 2.77. The molecule has 1 atom stereocenters. The van der Waals surface area contributed by atoms with Gasteiger partial charge in [-0.25, -0.2) is 8.42 Å².